The lowest BCUT2D eigenvalue weighted by molar-refractivity contribution is -0.0322. The molecule has 2 N–H and O–H groups in total. The average Bonchev–Trinajstić information content (AvgIpc) is 3.51. The molecule has 0 heterocycles. The van der Waals surface area contributed by atoms with Crippen molar-refractivity contribution in [3.63, 3.8) is 0 Å². The minimum atomic E-state index is -3.51. The van der Waals surface area contributed by atoms with Gasteiger partial charge in [0.15, 0.2) is 0 Å². The summed E-state index contributed by atoms with van der Waals surface area (Å²) in [6, 6.07) is 27.9. The van der Waals surface area contributed by atoms with Crippen molar-refractivity contribution >= 4 is 32.0 Å². The van der Waals surface area contributed by atoms with Crippen molar-refractivity contribution in [2.24, 2.45) is 17.3 Å². The van der Waals surface area contributed by atoms with Gasteiger partial charge in [-0.25, -0.2) is 9.59 Å². The van der Waals surface area contributed by atoms with Gasteiger partial charge in [-0.05, 0) is 55.3 Å². The third-order valence-corrected chi connectivity index (χ3v) is 12.4. The Balaban J connectivity index is 1.41. The van der Waals surface area contributed by atoms with Crippen LogP contribution in [-0.4, -0.2) is 39.4 Å². The fraction of sp³-hybridized carbons (Fsp3) is 0.394. The number of halogens is 1. The number of carbonyl (C=O) groups excluding carboxylic acids is 2. The Kier molecular flexibility index (Phi) is 8.43. The van der Waals surface area contributed by atoms with Gasteiger partial charge in [0, 0.05) is 27.7 Å². The number of hydrogen-bond donors (Lipinski definition) is 2. The van der Waals surface area contributed by atoms with Gasteiger partial charge in [0.25, 0.3) is 8.41 Å². The van der Waals surface area contributed by atoms with Crippen molar-refractivity contribution < 1.29 is 27.9 Å². The quantitative estimate of drug-likeness (QED) is 0.195. The first-order chi connectivity index (χ1) is 20.1. The van der Waals surface area contributed by atoms with Gasteiger partial charge in [-0.15, -0.1) is 0 Å². The first-order valence-electron chi connectivity index (χ1n) is 14.4. The predicted molar refractivity (Wildman–Crippen MR) is 163 cm³/mol. The molecule has 0 bridgehead atoms. The summed E-state index contributed by atoms with van der Waals surface area (Å²) >= 11 is 0. The van der Waals surface area contributed by atoms with E-state index in [0.29, 0.717) is 31.0 Å². The molecule has 0 spiro atoms. The maximum absolute atomic E-state index is 16.7. The van der Waals surface area contributed by atoms with E-state index in [0.717, 1.165) is 5.56 Å². The van der Waals surface area contributed by atoms with Crippen molar-refractivity contribution in [1.29, 1.82) is 0 Å². The zero-order valence-electron chi connectivity index (χ0n) is 24.5. The molecule has 5 rings (SSSR count). The molecule has 3 aromatic rings. The minimum Gasteiger partial charge on any atom is -0.446 e. The molecular weight excluding hydrogens is 551 g/mol. The Bertz CT molecular complexity index is 1370. The largest absolute Gasteiger partial charge is 0.446 e. The zero-order chi connectivity index (χ0) is 30.0. The fourth-order valence-electron chi connectivity index (χ4n) is 7.39. The van der Waals surface area contributed by atoms with Crippen LogP contribution in [0.4, 0.5) is 25.1 Å². The van der Waals surface area contributed by atoms with Crippen LogP contribution in [0.5, 0.6) is 0 Å². The van der Waals surface area contributed by atoms with E-state index in [1.807, 2.05) is 80.6 Å². The standard InChI is InChI=1S/C33H39FN2O5Si/c1-23-27(40-30(37)35-25-16-10-6-11-17-25)20-28-32(2,22-39-21-24-14-8-5-9-15-24)33(28,42(3,4)34)29(23)41-31(38)36-26-18-12-7-13-19-26/h5-19,23,27-29H,20-22H2,1-4H3,(H,35,37)(H,36,38)/t23-,27-,28?,29+,32?,33+/m0/s1. The molecule has 6 atom stereocenters. The number of rotatable bonds is 9. The Morgan fingerprint density at radius 1 is 0.857 bits per heavy atom. The lowest BCUT2D eigenvalue weighted by atomic mass is 9.84. The number of carbonyl (C=O) groups is 2. The van der Waals surface area contributed by atoms with E-state index in [1.54, 1.807) is 37.4 Å². The number of para-hydroxylation sites is 2. The molecule has 2 unspecified atom stereocenters. The van der Waals surface area contributed by atoms with E-state index in [-0.39, 0.29) is 5.92 Å². The molecule has 7 nitrogen and oxygen atoms in total. The highest BCUT2D eigenvalue weighted by Crippen LogP contribution is 2.85. The second-order valence-electron chi connectivity index (χ2n) is 12.1. The van der Waals surface area contributed by atoms with E-state index in [1.165, 1.54) is 0 Å². The summed E-state index contributed by atoms with van der Waals surface area (Å²) in [4.78, 5) is 26.2. The van der Waals surface area contributed by atoms with Gasteiger partial charge < -0.3 is 18.3 Å². The van der Waals surface area contributed by atoms with Crippen molar-refractivity contribution in [2.75, 3.05) is 17.2 Å². The van der Waals surface area contributed by atoms with Crippen LogP contribution in [0.3, 0.4) is 0 Å². The highest BCUT2D eigenvalue weighted by Gasteiger charge is 2.86. The summed E-state index contributed by atoms with van der Waals surface area (Å²) in [7, 11) is -3.51. The zero-order valence-corrected chi connectivity index (χ0v) is 25.5. The van der Waals surface area contributed by atoms with Crippen LogP contribution in [0.2, 0.25) is 18.1 Å². The SMILES string of the molecule is C[C@H]1[C@@H](OC(=O)Nc2ccccc2)CC2C(C)(COCc3ccccc3)[C@]2([Si](C)(C)F)[C@@H]1OC(=O)Nc1ccccc1. The molecule has 2 amide bonds. The topological polar surface area (TPSA) is 85.9 Å². The highest BCUT2D eigenvalue weighted by atomic mass is 28.4. The monoisotopic (exact) mass is 590 g/mol. The van der Waals surface area contributed by atoms with Gasteiger partial charge >= 0.3 is 12.2 Å². The van der Waals surface area contributed by atoms with E-state index >= 15 is 4.11 Å². The Morgan fingerprint density at radius 3 is 1.88 bits per heavy atom. The molecule has 3 aromatic carbocycles. The summed E-state index contributed by atoms with van der Waals surface area (Å²) in [5, 5.41) is 4.63. The van der Waals surface area contributed by atoms with E-state index in [2.05, 4.69) is 10.6 Å². The van der Waals surface area contributed by atoms with Crippen molar-refractivity contribution in [3.8, 4) is 0 Å². The molecule has 2 saturated carbocycles. The molecule has 0 saturated heterocycles. The first-order valence-corrected chi connectivity index (χ1v) is 17.3. The number of hydrogen-bond acceptors (Lipinski definition) is 5. The van der Waals surface area contributed by atoms with Crippen LogP contribution in [-0.2, 0) is 20.8 Å². The fourth-order valence-corrected chi connectivity index (χ4v) is 11.2. The van der Waals surface area contributed by atoms with E-state index in [9.17, 15) is 9.59 Å². The smallest absolute Gasteiger partial charge is 0.411 e. The number of anilines is 2. The van der Waals surface area contributed by atoms with Crippen molar-refractivity contribution in [3.05, 3.63) is 96.6 Å². The summed E-state index contributed by atoms with van der Waals surface area (Å²) in [5.74, 6) is -0.657. The number of fused-ring (bicyclic) bond motifs is 1. The molecule has 0 radical (unpaired) electrons. The summed E-state index contributed by atoms with van der Waals surface area (Å²) < 4.78 is 35.0. The van der Waals surface area contributed by atoms with E-state index in [4.69, 9.17) is 14.2 Å². The van der Waals surface area contributed by atoms with Crippen molar-refractivity contribution in [2.45, 2.75) is 57.2 Å². The maximum atomic E-state index is 16.7. The van der Waals surface area contributed by atoms with Crippen LogP contribution in [0.25, 0.3) is 0 Å². The molecular formula is C33H39FN2O5Si. The molecule has 0 aromatic heterocycles. The number of amides is 2. The summed E-state index contributed by atoms with van der Waals surface area (Å²) in [6.07, 6.45) is -2.23. The summed E-state index contributed by atoms with van der Waals surface area (Å²) in [6.45, 7) is 7.96. The first kappa shape index (κ1) is 29.8. The van der Waals surface area contributed by atoms with Crippen LogP contribution in [0, 0.1) is 17.3 Å². The molecule has 0 aliphatic heterocycles. The average molecular weight is 591 g/mol. The normalized spacial score (nSPS) is 28.2. The Morgan fingerprint density at radius 2 is 1.36 bits per heavy atom. The predicted octanol–water partition coefficient (Wildman–Crippen LogP) is 8.03. The van der Waals surface area contributed by atoms with Gasteiger partial charge in [-0.2, -0.15) is 0 Å². The lowest BCUT2D eigenvalue weighted by Gasteiger charge is -2.44. The number of benzene rings is 3. The maximum Gasteiger partial charge on any atom is 0.411 e. The molecule has 2 aliphatic rings. The van der Waals surface area contributed by atoms with Gasteiger partial charge in [-0.1, -0.05) is 80.6 Å². The third-order valence-electron chi connectivity index (χ3n) is 9.19. The van der Waals surface area contributed by atoms with Crippen LogP contribution >= 0.6 is 0 Å². The van der Waals surface area contributed by atoms with Gasteiger partial charge in [-0.3, -0.25) is 10.6 Å². The molecule has 9 heteroatoms. The lowest BCUT2D eigenvalue weighted by Crippen LogP contribution is -2.52. The minimum absolute atomic E-state index is 0.201. The third kappa shape index (κ3) is 5.67. The molecule has 2 aliphatic carbocycles. The second kappa shape index (κ2) is 11.9. The Labute approximate surface area is 247 Å². The molecule has 222 valence electrons. The Hall–Kier alpha value is -3.69. The second-order valence-corrected chi connectivity index (χ2v) is 15.9. The van der Waals surface area contributed by atoms with Gasteiger partial charge in [0.2, 0.25) is 0 Å². The summed E-state index contributed by atoms with van der Waals surface area (Å²) in [5.41, 5.74) is 1.59. The highest BCUT2D eigenvalue weighted by molar-refractivity contribution is 6.75. The number of nitrogens with one attached hydrogen (secondary N) is 2. The van der Waals surface area contributed by atoms with Crippen LogP contribution in [0.15, 0.2) is 91.0 Å². The van der Waals surface area contributed by atoms with Gasteiger partial charge in [0.05, 0.1) is 13.2 Å². The molecule has 2 fully saturated rings. The van der Waals surface area contributed by atoms with Gasteiger partial charge in [0.1, 0.15) is 12.2 Å². The molecule has 42 heavy (non-hydrogen) atoms. The van der Waals surface area contributed by atoms with E-state index < -0.39 is 49.2 Å². The number of ether oxygens (including phenoxy) is 3. The van der Waals surface area contributed by atoms with Crippen molar-refractivity contribution in [1.82, 2.24) is 0 Å². The van der Waals surface area contributed by atoms with Crippen LogP contribution in [0.1, 0.15) is 25.8 Å². The van der Waals surface area contributed by atoms with Crippen LogP contribution < -0.4 is 10.6 Å².